The molecule has 11 heteroatoms. The van der Waals surface area contributed by atoms with Crippen LogP contribution in [0.25, 0.3) is 5.82 Å². The number of amides is 1. The van der Waals surface area contributed by atoms with E-state index in [1.807, 2.05) is 0 Å². The van der Waals surface area contributed by atoms with Gasteiger partial charge in [-0.1, -0.05) is 5.21 Å². The summed E-state index contributed by atoms with van der Waals surface area (Å²) in [6.45, 7) is 1.64. The highest BCUT2D eigenvalue weighted by atomic mass is 19.4. The molecule has 1 atom stereocenters. The van der Waals surface area contributed by atoms with Gasteiger partial charge < -0.3 is 10.4 Å². The highest BCUT2D eigenvalue weighted by Gasteiger charge is 2.30. The van der Waals surface area contributed by atoms with Gasteiger partial charge in [0.05, 0.1) is 11.8 Å². The maximum Gasteiger partial charge on any atom is 0.417 e. The zero-order valence-corrected chi connectivity index (χ0v) is 13.0. The molecule has 25 heavy (non-hydrogen) atoms. The fourth-order valence-electron chi connectivity index (χ4n) is 1.88. The Morgan fingerprint density at radius 3 is 2.64 bits per heavy atom. The van der Waals surface area contributed by atoms with Gasteiger partial charge in [-0.15, -0.1) is 5.10 Å². The number of aliphatic carboxylic acids is 1. The van der Waals surface area contributed by atoms with Gasteiger partial charge in [-0.2, -0.15) is 13.2 Å². The van der Waals surface area contributed by atoms with Crippen LogP contribution in [-0.4, -0.2) is 43.0 Å². The lowest BCUT2D eigenvalue weighted by Crippen LogP contribution is -2.33. The van der Waals surface area contributed by atoms with Crippen LogP contribution in [-0.2, 0) is 11.0 Å². The Kier molecular flexibility index (Phi) is 5.35. The second-order valence-corrected chi connectivity index (χ2v) is 5.26. The van der Waals surface area contributed by atoms with E-state index in [0.29, 0.717) is 6.20 Å². The second-order valence-electron chi connectivity index (χ2n) is 5.26. The first kappa shape index (κ1) is 18.4. The summed E-state index contributed by atoms with van der Waals surface area (Å²) in [7, 11) is 0. The predicted molar refractivity (Wildman–Crippen MR) is 78.0 cm³/mol. The van der Waals surface area contributed by atoms with Crippen LogP contribution in [0.2, 0.25) is 0 Å². The van der Waals surface area contributed by atoms with Crippen LogP contribution < -0.4 is 5.32 Å². The Bertz CT molecular complexity index is 758. The molecular weight excluding hydrogens is 343 g/mol. The van der Waals surface area contributed by atoms with Crippen molar-refractivity contribution in [3.8, 4) is 5.82 Å². The first-order chi connectivity index (χ1) is 11.7. The predicted octanol–water partition coefficient (Wildman–Crippen LogP) is 1.66. The Hall–Kier alpha value is -2.98. The van der Waals surface area contributed by atoms with Gasteiger partial charge in [0.15, 0.2) is 11.5 Å². The summed E-state index contributed by atoms with van der Waals surface area (Å²) in [5.74, 6) is -1.48. The van der Waals surface area contributed by atoms with E-state index in [2.05, 4.69) is 20.6 Å². The minimum Gasteiger partial charge on any atom is -0.481 e. The van der Waals surface area contributed by atoms with Crippen LogP contribution in [0.4, 0.5) is 13.2 Å². The zero-order valence-electron chi connectivity index (χ0n) is 13.0. The molecule has 2 aromatic rings. The average Bonchev–Trinajstić information content (AvgIpc) is 3.02. The molecule has 0 aromatic carbocycles. The highest BCUT2D eigenvalue weighted by Crippen LogP contribution is 2.28. The monoisotopic (exact) mass is 357 g/mol. The van der Waals surface area contributed by atoms with Gasteiger partial charge in [0, 0.05) is 18.7 Å². The number of hydrogen-bond acceptors (Lipinski definition) is 5. The molecule has 1 amide bonds. The summed E-state index contributed by atoms with van der Waals surface area (Å²) in [5, 5.41) is 18.4. The minimum absolute atomic E-state index is 0.0659. The molecule has 0 saturated carbocycles. The normalized spacial score (nSPS) is 12.6. The number of hydrogen-bond donors (Lipinski definition) is 2. The molecule has 0 aliphatic heterocycles. The SMILES string of the molecule is CC(CCC(=O)O)NC(=O)c1cn(-c2ccc(C(F)(F)F)cn2)nn1. The first-order valence-electron chi connectivity index (χ1n) is 7.15. The lowest BCUT2D eigenvalue weighted by Gasteiger charge is -2.10. The third kappa shape index (κ3) is 4.99. The van der Waals surface area contributed by atoms with Crippen molar-refractivity contribution in [2.75, 3.05) is 0 Å². The van der Waals surface area contributed by atoms with E-state index >= 15 is 0 Å². The summed E-state index contributed by atoms with van der Waals surface area (Å²) in [6, 6.07) is 1.56. The van der Waals surface area contributed by atoms with Gasteiger partial charge in [0.2, 0.25) is 0 Å². The topological polar surface area (TPSA) is 110 Å². The number of pyridine rings is 1. The van der Waals surface area contributed by atoms with Crippen molar-refractivity contribution in [2.24, 2.45) is 0 Å². The average molecular weight is 357 g/mol. The highest BCUT2D eigenvalue weighted by molar-refractivity contribution is 5.92. The van der Waals surface area contributed by atoms with Crippen molar-refractivity contribution in [3.05, 3.63) is 35.8 Å². The molecule has 2 heterocycles. The van der Waals surface area contributed by atoms with E-state index < -0.39 is 29.7 Å². The fraction of sp³-hybridized carbons (Fsp3) is 0.357. The van der Waals surface area contributed by atoms with Gasteiger partial charge in [-0.05, 0) is 25.5 Å². The van der Waals surface area contributed by atoms with Gasteiger partial charge in [0.1, 0.15) is 0 Å². The Balaban J connectivity index is 2.04. The molecule has 134 valence electrons. The number of rotatable bonds is 6. The van der Waals surface area contributed by atoms with Crippen LogP contribution in [0.3, 0.4) is 0 Å². The van der Waals surface area contributed by atoms with Gasteiger partial charge in [0.25, 0.3) is 5.91 Å². The molecular formula is C14H14F3N5O3. The lowest BCUT2D eigenvalue weighted by molar-refractivity contribution is -0.138. The quantitative estimate of drug-likeness (QED) is 0.814. The molecule has 0 spiro atoms. The van der Waals surface area contributed by atoms with Gasteiger partial charge in [-0.25, -0.2) is 9.67 Å². The van der Waals surface area contributed by atoms with Crippen LogP contribution in [0.5, 0.6) is 0 Å². The zero-order chi connectivity index (χ0) is 18.6. The number of carbonyl (C=O) groups excluding carboxylic acids is 1. The second kappa shape index (κ2) is 7.28. The molecule has 0 radical (unpaired) electrons. The van der Waals surface area contributed by atoms with E-state index in [4.69, 9.17) is 5.11 Å². The number of nitrogens with one attached hydrogen (secondary N) is 1. The Morgan fingerprint density at radius 1 is 1.36 bits per heavy atom. The van der Waals surface area contributed by atoms with Crippen molar-refractivity contribution in [2.45, 2.75) is 32.0 Å². The first-order valence-corrected chi connectivity index (χ1v) is 7.15. The third-order valence-corrected chi connectivity index (χ3v) is 3.20. The molecule has 1 unspecified atom stereocenters. The molecule has 2 rings (SSSR count). The van der Waals surface area contributed by atoms with Crippen LogP contribution >= 0.6 is 0 Å². The summed E-state index contributed by atoms with van der Waals surface area (Å²) in [5.41, 5.74) is -0.967. The van der Waals surface area contributed by atoms with Crippen LogP contribution in [0.15, 0.2) is 24.5 Å². The van der Waals surface area contributed by atoms with Gasteiger partial charge >= 0.3 is 12.1 Å². The number of aromatic nitrogens is 4. The summed E-state index contributed by atoms with van der Waals surface area (Å²) in [6.07, 6.45) is -2.47. The van der Waals surface area contributed by atoms with Gasteiger partial charge in [-0.3, -0.25) is 9.59 Å². The number of nitrogens with zero attached hydrogens (tertiary/aromatic N) is 4. The molecule has 0 fully saturated rings. The summed E-state index contributed by atoms with van der Waals surface area (Å²) < 4.78 is 38.6. The number of alkyl halides is 3. The van der Waals surface area contributed by atoms with Crippen molar-refractivity contribution >= 4 is 11.9 Å². The minimum atomic E-state index is -4.50. The number of carboxylic acid groups (broad SMARTS) is 1. The smallest absolute Gasteiger partial charge is 0.417 e. The standard InChI is InChI=1S/C14H14F3N5O3/c1-8(2-5-12(23)24)19-13(25)10-7-22(21-20-10)11-4-3-9(6-18-11)14(15,16)17/h3-4,6-8H,2,5H2,1H3,(H,19,25)(H,23,24). The molecule has 0 saturated heterocycles. The molecule has 0 aliphatic rings. The van der Waals surface area contributed by atoms with Crippen LogP contribution in [0, 0.1) is 0 Å². The molecule has 0 bridgehead atoms. The maximum absolute atomic E-state index is 12.5. The van der Waals surface area contributed by atoms with E-state index in [1.165, 1.54) is 6.20 Å². The summed E-state index contributed by atoms with van der Waals surface area (Å²) in [4.78, 5) is 26.1. The van der Waals surface area contributed by atoms with E-state index in [0.717, 1.165) is 16.8 Å². The Labute approximate surface area is 139 Å². The van der Waals surface area contributed by atoms with Crippen molar-refractivity contribution in [1.29, 1.82) is 0 Å². The van der Waals surface area contributed by atoms with E-state index in [1.54, 1.807) is 6.92 Å². The number of halogens is 3. The van der Waals surface area contributed by atoms with E-state index in [-0.39, 0.29) is 24.4 Å². The third-order valence-electron chi connectivity index (χ3n) is 3.20. The fourth-order valence-corrected chi connectivity index (χ4v) is 1.88. The Morgan fingerprint density at radius 2 is 2.08 bits per heavy atom. The van der Waals surface area contributed by atoms with Crippen molar-refractivity contribution in [1.82, 2.24) is 25.3 Å². The lowest BCUT2D eigenvalue weighted by atomic mass is 10.2. The maximum atomic E-state index is 12.5. The van der Waals surface area contributed by atoms with Crippen LogP contribution in [0.1, 0.15) is 35.8 Å². The number of carboxylic acids is 1. The number of carbonyl (C=O) groups is 2. The summed E-state index contributed by atoms with van der Waals surface area (Å²) >= 11 is 0. The molecule has 2 N–H and O–H groups in total. The molecule has 0 aliphatic carbocycles. The molecule has 8 nitrogen and oxygen atoms in total. The van der Waals surface area contributed by atoms with Crippen molar-refractivity contribution in [3.63, 3.8) is 0 Å². The molecule has 2 aromatic heterocycles. The largest absolute Gasteiger partial charge is 0.481 e. The van der Waals surface area contributed by atoms with Crippen molar-refractivity contribution < 1.29 is 27.9 Å². The van der Waals surface area contributed by atoms with E-state index in [9.17, 15) is 22.8 Å².